The number of carbonyl (C=O) groups excluding carboxylic acids is 1. The van der Waals surface area contributed by atoms with Crippen LogP contribution in [0.4, 0.5) is 5.69 Å². The lowest BCUT2D eigenvalue weighted by Gasteiger charge is -2.31. The number of methoxy groups -OCH3 is 1. The van der Waals surface area contributed by atoms with Crippen molar-refractivity contribution in [3.05, 3.63) is 42.0 Å². The summed E-state index contributed by atoms with van der Waals surface area (Å²) < 4.78 is 23.0. The first-order chi connectivity index (χ1) is 13.6. The fourth-order valence-corrected chi connectivity index (χ4v) is 3.76. The molecule has 1 aliphatic heterocycles. The Balaban J connectivity index is 1.49. The van der Waals surface area contributed by atoms with Crippen LogP contribution in [0.5, 0.6) is 23.0 Å². The van der Waals surface area contributed by atoms with Crippen molar-refractivity contribution >= 4 is 11.6 Å². The molecule has 0 radical (unpaired) electrons. The first-order valence-corrected chi connectivity index (χ1v) is 9.77. The molecule has 4 rings (SSSR count). The van der Waals surface area contributed by atoms with Gasteiger partial charge in [-0.2, -0.15) is 0 Å². The van der Waals surface area contributed by atoms with Gasteiger partial charge in [-0.25, -0.2) is 0 Å². The molecule has 1 aliphatic carbocycles. The van der Waals surface area contributed by atoms with Gasteiger partial charge in [0.05, 0.1) is 13.7 Å². The maximum atomic E-state index is 12.7. The molecule has 0 bridgehead atoms. The van der Waals surface area contributed by atoms with Gasteiger partial charge in [-0.05, 0) is 50.1 Å². The molecule has 6 nitrogen and oxygen atoms in total. The molecule has 0 aromatic heterocycles. The SMILES string of the molecule is CCOc1cc(C(=O)Nc2ccc3c(c2)OC2(CCCCC2)O3)ccc1OC. The standard InChI is InChI=1S/C22H25NO5/c1-3-26-19-13-15(7-9-17(19)25-2)21(24)23-16-8-10-18-20(14-16)28-22(27-18)11-5-4-6-12-22/h7-10,13-14H,3-6,11-12H2,1-2H3,(H,23,24). The second-order valence-electron chi connectivity index (χ2n) is 7.09. The number of rotatable bonds is 5. The highest BCUT2D eigenvalue weighted by atomic mass is 16.7. The minimum Gasteiger partial charge on any atom is -0.493 e. The molecular formula is C22H25NO5. The van der Waals surface area contributed by atoms with Gasteiger partial charge >= 0.3 is 0 Å². The molecule has 1 N–H and O–H groups in total. The summed E-state index contributed by atoms with van der Waals surface area (Å²) in [7, 11) is 1.57. The number of nitrogens with one attached hydrogen (secondary N) is 1. The molecule has 0 saturated heterocycles. The first kappa shape index (κ1) is 18.5. The predicted molar refractivity (Wildman–Crippen MR) is 106 cm³/mol. The van der Waals surface area contributed by atoms with Crippen LogP contribution in [0.1, 0.15) is 49.4 Å². The molecule has 2 aromatic carbocycles. The highest BCUT2D eigenvalue weighted by molar-refractivity contribution is 6.04. The number of ether oxygens (including phenoxy) is 4. The van der Waals surface area contributed by atoms with Gasteiger partial charge in [-0.15, -0.1) is 0 Å². The van der Waals surface area contributed by atoms with Crippen LogP contribution < -0.4 is 24.3 Å². The summed E-state index contributed by atoms with van der Waals surface area (Å²) in [5, 5.41) is 2.92. The lowest BCUT2D eigenvalue weighted by Crippen LogP contribution is -2.40. The average molecular weight is 383 g/mol. The molecular weight excluding hydrogens is 358 g/mol. The second kappa shape index (κ2) is 7.62. The molecule has 1 heterocycles. The molecule has 0 atom stereocenters. The third kappa shape index (κ3) is 3.59. The van der Waals surface area contributed by atoms with Crippen LogP contribution in [0.3, 0.4) is 0 Å². The highest BCUT2D eigenvalue weighted by Gasteiger charge is 2.42. The summed E-state index contributed by atoms with van der Waals surface area (Å²) in [6, 6.07) is 10.6. The van der Waals surface area contributed by atoms with E-state index in [-0.39, 0.29) is 5.91 Å². The van der Waals surface area contributed by atoms with Crippen molar-refractivity contribution in [1.29, 1.82) is 0 Å². The first-order valence-electron chi connectivity index (χ1n) is 9.77. The van der Waals surface area contributed by atoms with Crippen molar-refractivity contribution in [3.63, 3.8) is 0 Å². The number of hydrogen-bond acceptors (Lipinski definition) is 5. The van der Waals surface area contributed by atoms with E-state index in [0.717, 1.165) is 31.4 Å². The molecule has 1 amide bonds. The van der Waals surface area contributed by atoms with E-state index < -0.39 is 5.79 Å². The molecule has 1 spiro atoms. The van der Waals surface area contributed by atoms with Crippen LogP contribution in [-0.4, -0.2) is 25.4 Å². The minimum atomic E-state index is -0.522. The van der Waals surface area contributed by atoms with E-state index in [2.05, 4.69) is 5.32 Å². The Morgan fingerprint density at radius 2 is 1.82 bits per heavy atom. The van der Waals surface area contributed by atoms with Crippen molar-refractivity contribution in [2.45, 2.75) is 44.8 Å². The van der Waals surface area contributed by atoms with Crippen LogP contribution in [-0.2, 0) is 0 Å². The smallest absolute Gasteiger partial charge is 0.255 e. The Kier molecular flexibility index (Phi) is 5.03. The zero-order valence-corrected chi connectivity index (χ0v) is 16.2. The van der Waals surface area contributed by atoms with Crippen LogP contribution >= 0.6 is 0 Å². The van der Waals surface area contributed by atoms with E-state index in [1.54, 1.807) is 25.3 Å². The van der Waals surface area contributed by atoms with E-state index in [1.165, 1.54) is 6.42 Å². The Morgan fingerprint density at radius 1 is 1.04 bits per heavy atom. The summed E-state index contributed by atoms with van der Waals surface area (Å²) in [5.74, 6) is 1.81. The number of anilines is 1. The van der Waals surface area contributed by atoms with E-state index in [9.17, 15) is 4.79 Å². The quantitative estimate of drug-likeness (QED) is 0.805. The van der Waals surface area contributed by atoms with Gasteiger partial charge < -0.3 is 24.3 Å². The zero-order chi connectivity index (χ0) is 19.6. The van der Waals surface area contributed by atoms with E-state index >= 15 is 0 Å². The van der Waals surface area contributed by atoms with Gasteiger partial charge in [-0.3, -0.25) is 4.79 Å². The summed E-state index contributed by atoms with van der Waals surface area (Å²) in [4.78, 5) is 12.7. The molecule has 0 unspecified atom stereocenters. The molecule has 2 aliphatic rings. The van der Waals surface area contributed by atoms with Crippen molar-refractivity contribution in [2.24, 2.45) is 0 Å². The van der Waals surface area contributed by atoms with Crippen molar-refractivity contribution in [3.8, 4) is 23.0 Å². The Hall–Kier alpha value is -2.89. The second-order valence-corrected chi connectivity index (χ2v) is 7.09. The molecule has 1 saturated carbocycles. The fourth-order valence-electron chi connectivity index (χ4n) is 3.76. The third-order valence-corrected chi connectivity index (χ3v) is 5.13. The summed E-state index contributed by atoms with van der Waals surface area (Å²) in [6.45, 7) is 2.38. The number of hydrogen-bond donors (Lipinski definition) is 1. The van der Waals surface area contributed by atoms with Gasteiger partial charge in [0.25, 0.3) is 11.7 Å². The van der Waals surface area contributed by atoms with Crippen LogP contribution in [0.2, 0.25) is 0 Å². The van der Waals surface area contributed by atoms with Crippen molar-refractivity contribution < 1.29 is 23.7 Å². The van der Waals surface area contributed by atoms with Crippen molar-refractivity contribution in [2.75, 3.05) is 19.0 Å². The minimum absolute atomic E-state index is 0.227. The van der Waals surface area contributed by atoms with Crippen molar-refractivity contribution in [1.82, 2.24) is 0 Å². The van der Waals surface area contributed by atoms with Crippen LogP contribution in [0.15, 0.2) is 36.4 Å². The number of fused-ring (bicyclic) bond motifs is 1. The Labute approximate surface area is 164 Å². The number of carbonyl (C=O) groups is 1. The third-order valence-electron chi connectivity index (χ3n) is 5.13. The highest BCUT2D eigenvalue weighted by Crippen LogP contribution is 2.46. The van der Waals surface area contributed by atoms with Crippen LogP contribution in [0, 0.1) is 0 Å². The fraction of sp³-hybridized carbons (Fsp3) is 0.409. The molecule has 6 heteroatoms. The molecule has 1 fully saturated rings. The maximum absolute atomic E-state index is 12.7. The van der Waals surface area contributed by atoms with E-state index in [0.29, 0.717) is 35.1 Å². The zero-order valence-electron chi connectivity index (χ0n) is 16.2. The lowest BCUT2D eigenvalue weighted by molar-refractivity contribution is -0.105. The Morgan fingerprint density at radius 3 is 2.57 bits per heavy atom. The normalized spacial score (nSPS) is 16.6. The van der Waals surface area contributed by atoms with Gasteiger partial charge in [0, 0.05) is 30.2 Å². The van der Waals surface area contributed by atoms with Crippen LogP contribution in [0.25, 0.3) is 0 Å². The van der Waals surface area contributed by atoms with Gasteiger partial charge in [0.15, 0.2) is 23.0 Å². The number of benzene rings is 2. The average Bonchev–Trinajstić information content (AvgIpc) is 3.05. The largest absolute Gasteiger partial charge is 0.493 e. The Bertz CT molecular complexity index is 873. The molecule has 2 aromatic rings. The number of amides is 1. The van der Waals surface area contributed by atoms with Gasteiger partial charge in [-0.1, -0.05) is 6.42 Å². The topological polar surface area (TPSA) is 66.0 Å². The predicted octanol–water partition coefficient (Wildman–Crippen LogP) is 4.78. The maximum Gasteiger partial charge on any atom is 0.255 e. The summed E-state index contributed by atoms with van der Waals surface area (Å²) in [5.41, 5.74) is 1.15. The molecule has 148 valence electrons. The monoisotopic (exact) mass is 383 g/mol. The molecule has 28 heavy (non-hydrogen) atoms. The van der Waals surface area contributed by atoms with E-state index in [1.807, 2.05) is 25.1 Å². The van der Waals surface area contributed by atoms with E-state index in [4.69, 9.17) is 18.9 Å². The van der Waals surface area contributed by atoms with Gasteiger partial charge in [0.1, 0.15) is 0 Å². The lowest BCUT2D eigenvalue weighted by atomic mass is 9.94. The summed E-state index contributed by atoms with van der Waals surface area (Å²) in [6.07, 6.45) is 5.23. The van der Waals surface area contributed by atoms with Gasteiger partial charge in [0.2, 0.25) is 0 Å². The summed E-state index contributed by atoms with van der Waals surface area (Å²) >= 11 is 0.